The van der Waals surface area contributed by atoms with Crippen LogP contribution in [-0.2, 0) is 20.7 Å². The van der Waals surface area contributed by atoms with Gasteiger partial charge in [-0.15, -0.1) is 0 Å². The number of nitrogens with one attached hydrogen (secondary N) is 1. The van der Waals surface area contributed by atoms with Gasteiger partial charge in [-0.05, 0) is 44.5 Å². The largest absolute Gasteiger partial charge is 0.464 e. The molecule has 1 aromatic heterocycles. The van der Waals surface area contributed by atoms with Gasteiger partial charge in [-0.25, -0.2) is 0 Å². The summed E-state index contributed by atoms with van der Waals surface area (Å²) in [5.41, 5.74) is 4.33. The van der Waals surface area contributed by atoms with Crippen molar-refractivity contribution in [3.63, 3.8) is 0 Å². The van der Waals surface area contributed by atoms with E-state index in [-0.39, 0.29) is 12.3 Å². The first-order chi connectivity index (χ1) is 12.4. The van der Waals surface area contributed by atoms with Crippen LogP contribution in [0.1, 0.15) is 23.6 Å². The van der Waals surface area contributed by atoms with E-state index in [9.17, 15) is 9.59 Å². The van der Waals surface area contributed by atoms with E-state index >= 15 is 0 Å². The summed E-state index contributed by atoms with van der Waals surface area (Å²) in [5.74, 6) is -0.838. The van der Waals surface area contributed by atoms with Crippen LogP contribution in [-0.4, -0.2) is 18.0 Å². The Morgan fingerprint density at radius 3 is 2.50 bits per heavy atom. The van der Waals surface area contributed by atoms with Crippen molar-refractivity contribution in [1.82, 2.24) is 0 Å². The molecular formula is C21H21NO4. The number of hydrogen-bond donors (Lipinski definition) is 1. The number of aryl methyl sites for hydroxylation is 2. The molecule has 1 heterocycles. The summed E-state index contributed by atoms with van der Waals surface area (Å²) in [6, 6.07) is 13.2. The minimum absolute atomic E-state index is 0.0538. The molecule has 0 radical (unpaired) electrons. The average molecular weight is 351 g/mol. The van der Waals surface area contributed by atoms with E-state index in [1.54, 1.807) is 25.3 Å². The average Bonchev–Trinajstić information content (AvgIpc) is 2.98. The number of benzene rings is 2. The number of esters is 1. The lowest BCUT2D eigenvalue weighted by Crippen LogP contribution is -2.30. The van der Waals surface area contributed by atoms with Crippen molar-refractivity contribution in [3.8, 4) is 0 Å². The number of carbonyl (C=O) groups is 2. The van der Waals surface area contributed by atoms with E-state index in [1.165, 1.54) is 0 Å². The van der Waals surface area contributed by atoms with E-state index in [2.05, 4.69) is 5.32 Å². The second-order valence-corrected chi connectivity index (χ2v) is 6.42. The molecule has 0 aliphatic carbocycles. The second kappa shape index (κ2) is 7.44. The Labute approximate surface area is 152 Å². The standard InChI is InChI=1S/C21H21NO4/c1-13-4-7-17(8-5-13)22-21(24)15(3)26-20(23)11-16-12-25-19-10-14(2)6-9-18(16)19/h4-10,12,15H,11H2,1-3H3,(H,22,24)/t15-/m0/s1. The van der Waals surface area contributed by atoms with E-state index in [4.69, 9.17) is 9.15 Å². The highest BCUT2D eigenvalue weighted by Gasteiger charge is 2.19. The number of fused-ring (bicyclic) bond motifs is 1. The Hall–Kier alpha value is -3.08. The van der Waals surface area contributed by atoms with Crippen molar-refractivity contribution in [2.75, 3.05) is 5.32 Å². The maximum atomic E-state index is 12.2. The van der Waals surface area contributed by atoms with E-state index in [1.807, 2.05) is 44.2 Å². The van der Waals surface area contributed by atoms with Crippen LogP contribution in [0.3, 0.4) is 0 Å². The van der Waals surface area contributed by atoms with Gasteiger partial charge in [0.2, 0.25) is 0 Å². The predicted molar refractivity (Wildman–Crippen MR) is 100 cm³/mol. The second-order valence-electron chi connectivity index (χ2n) is 6.42. The van der Waals surface area contributed by atoms with Gasteiger partial charge in [0.05, 0.1) is 12.7 Å². The fourth-order valence-corrected chi connectivity index (χ4v) is 2.66. The van der Waals surface area contributed by atoms with Crippen LogP contribution in [0.4, 0.5) is 5.69 Å². The van der Waals surface area contributed by atoms with Gasteiger partial charge in [0.25, 0.3) is 5.91 Å². The first-order valence-electron chi connectivity index (χ1n) is 8.46. The monoisotopic (exact) mass is 351 g/mol. The van der Waals surface area contributed by atoms with Gasteiger partial charge in [0.15, 0.2) is 6.10 Å². The van der Waals surface area contributed by atoms with Gasteiger partial charge in [-0.2, -0.15) is 0 Å². The summed E-state index contributed by atoms with van der Waals surface area (Å²) in [5, 5.41) is 3.61. The van der Waals surface area contributed by atoms with Gasteiger partial charge >= 0.3 is 5.97 Å². The Morgan fingerprint density at radius 2 is 1.77 bits per heavy atom. The molecule has 0 spiro atoms. The number of hydrogen-bond acceptors (Lipinski definition) is 4. The van der Waals surface area contributed by atoms with Crippen LogP contribution < -0.4 is 5.32 Å². The maximum Gasteiger partial charge on any atom is 0.311 e. The molecule has 1 N–H and O–H groups in total. The van der Waals surface area contributed by atoms with Crippen LogP contribution in [0.5, 0.6) is 0 Å². The minimum atomic E-state index is -0.885. The van der Waals surface area contributed by atoms with Crippen LogP contribution >= 0.6 is 0 Å². The first kappa shape index (κ1) is 17.7. The van der Waals surface area contributed by atoms with E-state index in [0.717, 1.165) is 27.7 Å². The number of amides is 1. The molecule has 0 saturated heterocycles. The van der Waals surface area contributed by atoms with Crippen molar-refractivity contribution >= 4 is 28.5 Å². The molecule has 0 saturated carbocycles. The molecule has 5 nitrogen and oxygen atoms in total. The normalized spacial score (nSPS) is 12.0. The Balaban J connectivity index is 1.59. The predicted octanol–water partition coefficient (Wildman–Crippen LogP) is 4.16. The SMILES string of the molecule is Cc1ccc(NC(=O)[C@H](C)OC(=O)Cc2coc3cc(C)ccc23)cc1. The quantitative estimate of drug-likeness (QED) is 0.701. The van der Waals surface area contributed by atoms with Gasteiger partial charge in [0, 0.05) is 16.6 Å². The lowest BCUT2D eigenvalue weighted by Gasteiger charge is -2.13. The number of carbonyl (C=O) groups excluding carboxylic acids is 2. The highest BCUT2D eigenvalue weighted by atomic mass is 16.5. The van der Waals surface area contributed by atoms with Crippen molar-refractivity contribution < 1.29 is 18.7 Å². The molecule has 1 atom stereocenters. The van der Waals surface area contributed by atoms with Crippen molar-refractivity contribution in [3.05, 3.63) is 65.4 Å². The highest BCUT2D eigenvalue weighted by molar-refractivity contribution is 5.95. The number of rotatable bonds is 5. The van der Waals surface area contributed by atoms with Gasteiger partial charge in [-0.3, -0.25) is 9.59 Å². The van der Waals surface area contributed by atoms with Crippen molar-refractivity contribution in [2.24, 2.45) is 0 Å². The lowest BCUT2D eigenvalue weighted by molar-refractivity contribution is -0.152. The third kappa shape index (κ3) is 4.11. The summed E-state index contributed by atoms with van der Waals surface area (Å²) in [6.07, 6.45) is 0.727. The Morgan fingerprint density at radius 1 is 1.08 bits per heavy atom. The van der Waals surface area contributed by atoms with Gasteiger partial charge in [0.1, 0.15) is 5.58 Å². The zero-order valence-corrected chi connectivity index (χ0v) is 15.0. The zero-order valence-electron chi connectivity index (χ0n) is 15.0. The molecule has 134 valence electrons. The summed E-state index contributed by atoms with van der Waals surface area (Å²) < 4.78 is 10.7. The van der Waals surface area contributed by atoms with Crippen LogP contribution in [0.15, 0.2) is 53.1 Å². The molecule has 0 unspecified atom stereocenters. The van der Waals surface area contributed by atoms with E-state index < -0.39 is 12.1 Å². The molecule has 1 amide bonds. The van der Waals surface area contributed by atoms with Crippen molar-refractivity contribution in [1.29, 1.82) is 0 Å². The molecule has 0 aliphatic rings. The molecule has 5 heteroatoms. The topological polar surface area (TPSA) is 68.5 Å². The molecular weight excluding hydrogens is 330 g/mol. The molecule has 0 aliphatic heterocycles. The Kier molecular flexibility index (Phi) is 5.07. The summed E-state index contributed by atoms with van der Waals surface area (Å²) in [6.45, 7) is 5.50. The van der Waals surface area contributed by atoms with E-state index in [0.29, 0.717) is 5.69 Å². The summed E-state index contributed by atoms with van der Waals surface area (Å²) in [7, 11) is 0. The smallest absolute Gasteiger partial charge is 0.311 e. The fourth-order valence-electron chi connectivity index (χ4n) is 2.66. The molecule has 0 bridgehead atoms. The third-order valence-electron chi connectivity index (χ3n) is 4.14. The fraction of sp³-hybridized carbons (Fsp3) is 0.238. The number of anilines is 1. The van der Waals surface area contributed by atoms with Crippen molar-refractivity contribution in [2.45, 2.75) is 33.3 Å². The van der Waals surface area contributed by atoms with Gasteiger partial charge in [-0.1, -0.05) is 29.8 Å². The summed E-state index contributed by atoms with van der Waals surface area (Å²) >= 11 is 0. The van der Waals surface area contributed by atoms with Crippen LogP contribution in [0.2, 0.25) is 0 Å². The maximum absolute atomic E-state index is 12.2. The zero-order chi connectivity index (χ0) is 18.7. The van der Waals surface area contributed by atoms with Crippen LogP contribution in [0.25, 0.3) is 11.0 Å². The molecule has 26 heavy (non-hydrogen) atoms. The summed E-state index contributed by atoms with van der Waals surface area (Å²) in [4.78, 5) is 24.4. The lowest BCUT2D eigenvalue weighted by atomic mass is 10.1. The number of ether oxygens (including phenoxy) is 1. The Bertz CT molecular complexity index is 940. The molecule has 3 rings (SSSR count). The third-order valence-corrected chi connectivity index (χ3v) is 4.14. The molecule has 2 aromatic carbocycles. The number of furan rings is 1. The van der Waals surface area contributed by atoms with Gasteiger partial charge < -0.3 is 14.5 Å². The van der Waals surface area contributed by atoms with Crippen LogP contribution in [0, 0.1) is 13.8 Å². The highest BCUT2D eigenvalue weighted by Crippen LogP contribution is 2.23. The molecule has 3 aromatic rings. The molecule has 0 fully saturated rings. The first-order valence-corrected chi connectivity index (χ1v) is 8.46. The minimum Gasteiger partial charge on any atom is -0.464 e.